The Kier molecular flexibility index (Phi) is 5.63. The molecule has 0 aliphatic carbocycles. The van der Waals surface area contributed by atoms with Gasteiger partial charge in [0.1, 0.15) is 23.4 Å². The maximum atomic E-state index is 14.6. The summed E-state index contributed by atoms with van der Waals surface area (Å²) in [6.45, 7) is 3.22. The van der Waals surface area contributed by atoms with Crippen molar-refractivity contribution >= 4 is 45.0 Å². The van der Waals surface area contributed by atoms with Gasteiger partial charge in [-0.2, -0.15) is 9.97 Å². The van der Waals surface area contributed by atoms with Crippen LogP contribution in [0.15, 0.2) is 18.5 Å². The van der Waals surface area contributed by atoms with Gasteiger partial charge in [-0.1, -0.05) is 11.6 Å². The third-order valence-corrected chi connectivity index (χ3v) is 6.11. The van der Waals surface area contributed by atoms with E-state index in [9.17, 15) is 9.50 Å². The summed E-state index contributed by atoms with van der Waals surface area (Å²) in [4.78, 5) is 22.8. The van der Waals surface area contributed by atoms with Crippen LogP contribution in [0.3, 0.4) is 0 Å². The van der Waals surface area contributed by atoms with E-state index in [2.05, 4.69) is 30.2 Å². The Morgan fingerprint density at radius 2 is 1.91 bits per heavy atom. The molecule has 33 heavy (non-hydrogen) atoms. The van der Waals surface area contributed by atoms with Crippen LogP contribution in [0.4, 0.5) is 15.9 Å². The van der Waals surface area contributed by atoms with Crippen LogP contribution in [0.1, 0.15) is 38.1 Å². The maximum absolute atomic E-state index is 14.6. The highest BCUT2D eigenvalue weighted by Gasteiger charge is 2.25. The Bertz CT molecular complexity index is 1320. The zero-order valence-electron chi connectivity index (χ0n) is 18.2. The Labute approximate surface area is 194 Å². The lowest BCUT2D eigenvalue weighted by Gasteiger charge is -2.28. The number of aliphatic hydroxyl groups is 1. The van der Waals surface area contributed by atoms with Gasteiger partial charge in [-0.05, 0) is 26.2 Å². The zero-order valence-corrected chi connectivity index (χ0v) is 18.9. The molecule has 3 N–H and O–H groups in total. The fraction of sp³-hybridized carbons (Fsp3) is 0.364. The molecule has 0 saturated carbocycles. The van der Waals surface area contributed by atoms with Crippen molar-refractivity contribution in [2.75, 3.05) is 30.4 Å². The highest BCUT2D eigenvalue weighted by molar-refractivity contribution is 6.39. The first-order valence-corrected chi connectivity index (χ1v) is 11.2. The molecule has 0 bridgehead atoms. The van der Waals surface area contributed by atoms with E-state index >= 15 is 0 Å². The Morgan fingerprint density at radius 3 is 2.58 bits per heavy atom. The van der Waals surface area contributed by atoms with Crippen LogP contribution in [0.2, 0.25) is 5.02 Å². The Balaban J connectivity index is 1.68. The largest absolute Gasteiger partial charge is 0.421 e. The molecule has 11 heteroatoms. The number of aromatic amines is 1. The van der Waals surface area contributed by atoms with E-state index in [0.29, 0.717) is 45.0 Å². The van der Waals surface area contributed by atoms with Crippen molar-refractivity contribution in [3.63, 3.8) is 0 Å². The van der Waals surface area contributed by atoms with Crippen molar-refractivity contribution < 1.29 is 14.2 Å². The summed E-state index contributed by atoms with van der Waals surface area (Å²) in [6.07, 6.45) is 5.34. The topological polar surface area (TPSA) is 112 Å². The molecule has 1 aliphatic rings. The molecule has 0 radical (unpaired) electrons. The smallest absolute Gasteiger partial charge is 0.326 e. The van der Waals surface area contributed by atoms with Gasteiger partial charge in [-0.3, -0.25) is 0 Å². The Hall–Kier alpha value is -3.24. The van der Waals surface area contributed by atoms with E-state index in [1.807, 2.05) is 0 Å². The lowest BCUT2D eigenvalue weighted by Crippen LogP contribution is -2.30. The van der Waals surface area contributed by atoms with Gasteiger partial charge in [-0.15, -0.1) is 0 Å². The van der Waals surface area contributed by atoms with Crippen LogP contribution in [0.25, 0.3) is 21.9 Å². The molecule has 172 valence electrons. The summed E-state index contributed by atoms with van der Waals surface area (Å²) in [5.74, 6) is 0.741. The van der Waals surface area contributed by atoms with Crippen molar-refractivity contribution in [2.24, 2.45) is 0 Å². The molecule has 1 unspecified atom stereocenters. The van der Waals surface area contributed by atoms with Crippen LogP contribution in [0.5, 0.6) is 11.8 Å². The number of nitrogens with one attached hydrogen (secondary N) is 2. The van der Waals surface area contributed by atoms with Crippen molar-refractivity contribution in [1.29, 1.82) is 0 Å². The predicted molar refractivity (Wildman–Crippen MR) is 125 cm³/mol. The molecule has 4 heterocycles. The van der Waals surface area contributed by atoms with Crippen LogP contribution in [-0.2, 0) is 0 Å². The van der Waals surface area contributed by atoms with Crippen LogP contribution < -0.4 is 15.0 Å². The van der Waals surface area contributed by atoms with Gasteiger partial charge in [-0.25, -0.2) is 14.4 Å². The second-order valence-corrected chi connectivity index (χ2v) is 8.38. The second kappa shape index (κ2) is 8.60. The molecular formula is C22H23ClFN7O2. The average Bonchev–Trinajstić information content (AvgIpc) is 3.21. The molecule has 5 rings (SSSR count). The molecule has 1 aromatic carbocycles. The van der Waals surface area contributed by atoms with E-state index in [0.717, 1.165) is 32.4 Å². The first-order valence-electron chi connectivity index (χ1n) is 10.8. The van der Waals surface area contributed by atoms with Gasteiger partial charge in [0.15, 0.2) is 11.6 Å². The molecule has 3 aromatic heterocycles. The standard InChI is InChI=1S/C22H23ClFN7O2/c1-11(32)19-26-9-12(10-27-19)33-22-29-20-16(21(30-22)31-6-4-3-5-7-31)15-17(23)13(24)8-14(25-2)18(15)28-20/h8-11,25,32H,3-7H2,1-2H3,(H,28,29,30). The summed E-state index contributed by atoms with van der Waals surface area (Å²) in [6, 6.07) is 1.46. The van der Waals surface area contributed by atoms with Gasteiger partial charge >= 0.3 is 6.01 Å². The number of fused-ring (bicyclic) bond motifs is 3. The number of anilines is 2. The summed E-state index contributed by atoms with van der Waals surface area (Å²) >= 11 is 6.43. The number of halogens is 2. The monoisotopic (exact) mass is 471 g/mol. The van der Waals surface area contributed by atoms with Crippen LogP contribution in [0, 0.1) is 5.82 Å². The third-order valence-electron chi connectivity index (χ3n) is 5.74. The quantitative estimate of drug-likeness (QED) is 0.388. The Morgan fingerprint density at radius 1 is 1.18 bits per heavy atom. The van der Waals surface area contributed by atoms with Crippen molar-refractivity contribution in [1.82, 2.24) is 24.9 Å². The number of hydrogen-bond donors (Lipinski definition) is 3. The fourth-order valence-corrected chi connectivity index (χ4v) is 4.38. The first kappa shape index (κ1) is 21.6. The van der Waals surface area contributed by atoms with E-state index in [-0.39, 0.29) is 11.0 Å². The SMILES string of the molecule is CNc1cc(F)c(Cl)c2c1[nH]c1nc(Oc3cnc(C(C)O)nc3)nc(N3CCCCC3)c12. The number of H-pyrrole nitrogens is 1. The molecule has 1 saturated heterocycles. The van der Waals surface area contributed by atoms with E-state index in [1.165, 1.54) is 18.5 Å². The van der Waals surface area contributed by atoms with Crippen LogP contribution in [-0.4, -0.2) is 50.2 Å². The number of rotatable bonds is 5. The number of hydrogen-bond acceptors (Lipinski definition) is 8. The number of piperidine rings is 1. The van der Waals surface area contributed by atoms with Crippen molar-refractivity contribution in [3.8, 4) is 11.8 Å². The van der Waals surface area contributed by atoms with E-state index in [4.69, 9.17) is 21.3 Å². The van der Waals surface area contributed by atoms with Gasteiger partial charge in [0, 0.05) is 31.6 Å². The average molecular weight is 472 g/mol. The summed E-state index contributed by atoms with van der Waals surface area (Å²) in [5.41, 5.74) is 1.70. The molecule has 1 aliphatic heterocycles. The third kappa shape index (κ3) is 3.89. The van der Waals surface area contributed by atoms with E-state index in [1.54, 1.807) is 14.0 Å². The number of ether oxygens (including phenoxy) is 1. The number of aromatic nitrogens is 5. The number of aliphatic hydroxyl groups excluding tert-OH is 1. The molecule has 1 fully saturated rings. The normalized spacial score (nSPS) is 15.2. The van der Waals surface area contributed by atoms with Gasteiger partial charge in [0.05, 0.1) is 34.0 Å². The summed E-state index contributed by atoms with van der Waals surface area (Å²) in [7, 11) is 1.72. The summed E-state index contributed by atoms with van der Waals surface area (Å²) < 4.78 is 20.5. The van der Waals surface area contributed by atoms with Gasteiger partial charge in [0.2, 0.25) is 0 Å². The van der Waals surface area contributed by atoms with Gasteiger partial charge < -0.3 is 25.0 Å². The molecule has 1 atom stereocenters. The molecule has 9 nitrogen and oxygen atoms in total. The molecular weight excluding hydrogens is 449 g/mol. The molecule has 0 spiro atoms. The van der Waals surface area contributed by atoms with Crippen molar-refractivity contribution in [2.45, 2.75) is 32.3 Å². The second-order valence-electron chi connectivity index (χ2n) is 8.00. The zero-order chi connectivity index (χ0) is 23.1. The first-order chi connectivity index (χ1) is 16.0. The predicted octanol–water partition coefficient (Wildman–Crippen LogP) is 4.57. The minimum Gasteiger partial charge on any atom is -0.421 e. The molecule has 0 amide bonds. The van der Waals surface area contributed by atoms with Crippen LogP contribution >= 0.6 is 11.6 Å². The summed E-state index contributed by atoms with van der Waals surface area (Å²) in [5, 5.41) is 13.8. The minimum absolute atomic E-state index is 0.0212. The lowest BCUT2D eigenvalue weighted by atomic mass is 10.1. The molecule has 4 aromatic rings. The number of benzene rings is 1. The highest BCUT2D eigenvalue weighted by atomic mass is 35.5. The highest BCUT2D eigenvalue weighted by Crippen LogP contribution is 2.41. The van der Waals surface area contributed by atoms with Crippen molar-refractivity contribution in [3.05, 3.63) is 35.1 Å². The lowest BCUT2D eigenvalue weighted by molar-refractivity contribution is 0.188. The minimum atomic E-state index is -0.782. The van der Waals surface area contributed by atoms with E-state index < -0.39 is 11.9 Å². The fourth-order valence-electron chi connectivity index (χ4n) is 4.14. The number of nitrogens with zero attached hydrogens (tertiary/aromatic N) is 5. The maximum Gasteiger partial charge on any atom is 0.326 e. The van der Waals surface area contributed by atoms with Gasteiger partial charge in [0.25, 0.3) is 0 Å².